The van der Waals surface area contributed by atoms with Crippen molar-refractivity contribution in [3.05, 3.63) is 23.2 Å². The molecule has 0 saturated carbocycles. The zero-order chi connectivity index (χ0) is 13.7. The van der Waals surface area contributed by atoms with Crippen LogP contribution in [0.4, 0.5) is 0 Å². The van der Waals surface area contributed by atoms with Crippen molar-refractivity contribution in [3.8, 4) is 0 Å². The minimum absolute atomic E-state index is 0.713. The molecule has 1 heterocycles. The van der Waals surface area contributed by atoms with Crippen molar-refractivity contribution >= 4 is 34.9 Å². The van der Waals surface area contributed by atoms with E-state index in [2.05, 4.69) is 6.92 Å². The first kappa shape index (κ1) is 15.5. The average molecular weight is 318 g/mol. The van der Waals surface area contributed by atoms with Gasteiger partial charge in [0.15, 0.2) is 4.90 Å². The van der Waals surface area contributed by atoms with Gasteiger partial charge >= 0.3 is 0 Å². The molecule has 0 fully saturated rings. The van der Waals surface area contributed by atoms with Crippen LogP contribution in [0.3, 0.4) is 0 Å². The Labute approximate surface area is 128 Å². The summed E-state index contributed by atoms with van der Waals surface area (Å²) in [6.45, 7) is 3.11. The van der Waals surface area contributed by atoms with Gasteiger partial charge in [-0.05, 0) is 24.6 Å². The number of hydrogen-bond donors (Lipinski definition) is 0. The molecule has 0 bridgehead atoms. The van der Waals surface area contributed by atoms with Crippen molar-refractivity contribution in [2.75, 3.05) is 6.54 Å². The molecule has 1 aliphatic rings. The first-order chi connectivity index (χ1) is 9.22. The second-order valence-electron chi connectivity index (χ2n) is 4.76. The number of nitrogens with zero attached hydrogens (tertiary/aromatic N) is 1. The Bertz CT molecular complexity index is 416. The summed E-state index contributed by atoms with van der Waals surface area (Å²) in [6.07, 6.45) is 7.56. The van der Waals surface area contributed by atoms with Crippen LogP contribution in [0.5, 0.6) is 0 Å². The molecule has 106 valence electrons. The van der Waals surface area contributed by atoms with E-state index in [4.69, 9.17) is 11.6 Å². The summed E-state index contributed by atoms with van der Waals surface area (Å²) in [7, 11) is 0. The predicted molar refractivity (Wildman–Crippen MR) is 83.8 cm³/mol. The normalized spacial score (nSPS) is 18.8. The van der Waals surface area contributed by atoms with Crippen molar-refractivity contribution in [2.24, 2.45) is 0 Å². The van der Waals surface area contributed by atoms with Gasteiger partial charge in [0.2, 0.25) is 0 Å². The van der Waals surface area contributed by atoms with Crippen molar-refractivity contribution in [3.63, 3.8) is 0 Å². The van der Waals surface area contributed by atoms with Gasteiger partial charge in [0.05, 0.1) is 22.8 Å². The Kier molecular flexibility index (Phi) is 6.36. The molecule has 0 saturated heterocycles. The fourth-order valence-electron chi connectivity index (χ4n) is 2.10. The quantitative estimate of drug-likeness (QED) is 0.400. The summed E-state index contributed by atoms with van der Waals surface area (Å²) < 4.78 is 14.2. The molecule has 0 amide bonds. The van der Waals surface area contributed by atoms with Crippen LogP contribution in [-0.2, 0) is 11.4 Å². The zero-order valence-corrected chi connectivity index (χ0v) is 13.6. The van der Waals surface area contributed by atoms with Crippen LogP contribution in [0, 0.1) is 0 Å². The van der Waals surface area contributed by atoms with E-state index in [-0.39, 0.29) is 0 Å². The van der Waals surface area contributed by atoms with Crippen molar-refractivity contribution in [1.82, 2.24) is 3.71 Å². The van der Waals surface area contributed by atoms with Crippen LogP contribution < -0.4 is 0 Å². The lowest BCUT2D eigenvalue weighted by Gasteiger charge is -2.14. The molecule has 2 rings (SSSR count). The van der Waals surface area contributed by atoms with Crippen LogP contribution in [0.1, 0.15) is 45.4 Å². The second kappa shape index (κ2) is 7.79. The van der Waals surface area contributed by atoms with E-state index >= 15 is 0 Å². The Balaban J connectivity index is 1.75. The molecule has 1 aliphatic heterocycles. The summed E-state index contributed by atoms with van der Waals surface area (Å²) in [5, 5.41) is 0.713. The van der Waals surface area contributed by atoms with E-state index in [0.29, 0.717) is 5.02 Å². The SMILES string of the molecule is CCCCCCCCN1Sc2cc(Cl)ccc2[S+]1[O-]. The molecule has 1 aromatic carbocycles. The summed E-state index contributed by atoms with van der Waals surface area (Å²) in [4.78, 5) is 1.94. The summed E-state index contributed by atoms with van der Waals surface area (Å²) >= 11 is 6.52. The minimum atomic E-state index is -1.01. The van der Waals surface area contributed by atoms with E-state index in [1.807, 2.05) is 21.9 Å². The first-order valence-corrected chi connectivity index (χ1v) is 9.15. The fraction of sp³-hybridized carbons (Fsp3) is 0.571. The highest BCUT2D eigenvalue weighted by Gasteiger charge is 2.34. The maximum atomic E-state index is 12.2. The van der Waals surface area contributed by atoms with Crippen LogP contribution in [0.15, 0.2) is 28.0 Å². The molecule has 1 unspecified atom stereocenters. The topological polar surface area (TPSA) is 26.3 Å². The number of hydrogen-bond acceptors (Lipinski definition) is 3. The van der Waals surface area contributed by atoms with Crippen LogP contribution >= 0.6 is 23.5 Å². The van der Waals surface area contributed by atoms with Crippen LogP contribution in [-0.4, -0.2) is 14.8 Å². The summed E-state index contributed by atoms with van der Waals surface area (Å²) in [5.41, 5.74) is 0. The summed E-state index contributed by atoms with van der Waals surface area (Å²) in [6, 6.07) is 5.59. The summed E-state index contributed by atoms with van der Waals surface area (Å²) in [5.74, 6) is 0. The molecule has 2 nitrogen and oxygen atoms in total. The number of benzene rings is 1. The predicted octanol–water partition coefficient (Wildman–Crippen LogP) is 5.05. The Hall–Kier alpha value is 0.130. The van der Waals surface area contributed by atoms with Gasteiger partial charge in [0.1, 0.15) is 0 Å². The number of halogens is 1. The van der Waals surface area contributed by atoms with Crippen molar-refractivity contribution < 1.29 is 4.55 Å². The molecule has 0 spiro atoms. The van der Waals surface area contributed by atoms with Crippen molar-refractivity contribution in [2.45, 2.75) is 55.2 Å². The molecule has 0 radical (unpaired) electrons. The Morgan fingerprint density at radius 2 is 1.95 bits per heavy atom. The third-order valence-corrected chi connectivity index (χ3v) is 6.37. The van der Waals surface area contributed by atoms with E-state index in [1.165, 1.54) is 32.1 Å². The second-order valence-corrected chi connectivity index (χ2v) is 7.87. The zero-order valence-electron chi connectivity index (χ0n) is 11.2. The molecule has 1 aromatic rings. The van der Waals surface area contributed by atoms with Gasteiger partial charge in [-0.2, -0.15) is 0 Å². The van der Waals surface area contributed by atoms with Gasteiger partial charge in [-0.15, -0.1) is 0 Å². The monoisotopic (exact) mass is 317 g/mol. The fourth-order valence-corrected chi connectivity index (χ4v) is 5.12. The number of unbranched alkanes of at least 4 members (excludes halogenated alkanes) is 5. The van der Waals surface area contributed by atoms with E-state index in [1.54, 1.807) is 11.9 Å². The smallest absolute Gasteiger partial charge is 0.190 e. The molecular weight excluding hydrogens is 298 g/mol. The van der Waals surface area contributed by atoms with Gasteiger partial charge in [-0.25, -0.2) is 0 Å². The molecule has 19 heavy (non-hydrogen) atoms. The van der Waals surface area contributed by atoms with Crippen LogP contribution in [0.2, 0.25) is 5.02 Å². The van der Waals surface area contributed by atoms with Gasteiger partial charge in [0, 0.05) is 17.0 Å². The number of rotatable bonds is 7. The first-order valence-electron chi connectivity index (χ1n) is 6.89. The van der Waals surface area contributed by atoms with Gasteiger partial charge in [-0.3, -0.25) is 0 Å². The van der Waals surface area contributed by atoms with E-state index < -0.39 is 11.4 Å². The maximum absolute atomic E-state index is 12.2. The highest BCUT2D eigenvalue weighted by molar-refractivity contribution is 8.11. The molecule has 0 aromatic heterocycles. The third kappa shape index (κ3) is 4.30. The van der Waals surface area contributed by atoms with E-state index in [0.717, 1.165) is 22.8 Å². The van der Waals surface area contributed by atoms with Gasteiger partial charge in [-0.1, -0.05) is 54.3 Å². The van der Waals surface area contributed by atoms with Crippen LogP contribution in [0.25, 0.3) is 0 Å². The van der Waals surface area contributed by atoms with E-state index in [9.17, 15) is 4.55 Å². The maximum Gasteiger partial charge on any atom is 0.190 e. The standard InChI is InChI=1S/C14H20ClNOS2/c1-2-3-4-5-6-7-10-16-18-13-11-12(15)8-9-14(13)19(16)17/h8-9,11H,2-7,10H2,1H3. The number of fused-ring (bicyclic) bond motifs is 1. The average Bonchev–Trinajstić information content (AvgIpc) is 2.70. The molecule has 0 aliphatic carbocycles. The minimum Gasteiger partial charge on any atom is -0.592 e. The molecule has 0 N–H and O–H groups in total. The lowest BCUT2D eigenvalue weighted by Crippen LogP contribution is -2.20. The Morgan fingerprint density at radius 1 is 1.21 bits per heavy atom. The highest BCUT2D eigenvalue weighted by Crippen LogP contribution is 2.42. The molecule has 1 atom stereocenters. The third-order valence-electron chi connectivity index (χ3n) is 3.17. The highest BCUT2D eigenvalue weighted by atomic mass is 35.5. The largest absolute Gasteiger partial charge is 0.592 e. The molecule has 5 heteroatoms. The van der Waals surface area contributed by atoms with Gasteiger partial charge in [0.25, 0.3) is 0 Å². The van der Waals surface area contributed by atoms with Crippen molar-refractivity contribution in [1.29, 1.82) is 0 Å². The lowest BCUT2D eigenvalue weighted by molar-refractivity contribution is 0.522. The Morgan fingerprint density at radius 3 is 2.74 bits per heavy atom. The molecular formula is C14H20ClNOS2. The van der Waals surface area contributed by atoms with Gasteiger partial charge < -0.3 is 4.55 Å². The lowest BCUT2D eigenvalue weighted by atomic mass is 10.1.